The predicted molar refractivity (Wildman–Crippen MR) is 86.6 cm³/mol. The number of nitrogens with zero attached hydrogens (tertiary/aromatic N) is 1. The van der Waals surface area contributed by atoms with Gasteiger partial charge in [0.25, 0.3) is 0 Å². The number of hydrogen-bond acceptors (Lipinski definition) is 5. The van der Waals surface area contributed by atoms with Crippen molar-refractivity contribution >= 4 is 11.3 Å². The molecule has 3 N–H and O–H groups in total. The van der Waals surface area contributed by atoms with Crippen LogP contribution in [0.5, 0.6) is 0 Å². The summed E-state index contributed by atoms with van der Waals surface area (Å²) in [5.41, 5.74) is 6.68. The first-order chi connectivity index (χ1) is 9.97. The summed E-state index contributed by atoms with van der Waals surface area (Å²) in [6.07, 6.45) is 4.56. The largest absolute Gasteiger partial charge is 0.377 e. The van der Waals surface area contributed by atoms with Crippen LogP contribution in [0.15, 0.2) is 11.6 Å². The zero-order chi connectivity index (χ0) is 15.1. The van der Waals surface area contributed by atoms with Crippen LogP contribution in [-0.2, 0) is 4.74 Å². The Labute approximate surface area is 131 Å². The molecule has 5 heteroatoms. The lowest BCUT2D eigenvalue weighted by atomic mass is 9.46. The summed E-state index contributed by atoms with van der Waals surface area (Å²) in [6.45, 7) is 9.42. The number of thiazole rings is 1. The van der Waals surface area contributed by atoms with Gasteiger partial charge in [-0.25, -0.2) is 4.98 Å². The van der Waals surface area contributed by atoms with Gasteiger partial charge in [-0.1, -0.05) is 20.8 Å². The van der Waals surface area contributed by atoms with Gasteiger partial charge in [0.1, 0.15) is 0 Å². The van der Waals surface area contributed by atoms with E-state index in [2.05, 4.69) is 31.1 Å². The van der Waals surface area contributed by atoms with Crippen molar-refractivity contribution in [2.24, 2.45) is 17.1 Å². The van der Waals surface area contributed by atoms with E-state index in [4.69, 9.17) is 10.5 Å². The second-order valence-corrected chi connectivity index (χ2v) is 8.13. The van der Waals surface area contributed by atoms with Gasteiger partial charge >= 0.3 is 0 Å². The molecule has 0 radical (unpaired) electrons. The minimum absolute atomic E-state index is 0.0511. The van der Waals surface area contributed by atoms with E-state index in [9.17, 15) is 0 Å². The first-order valence-corrected chi connectivity index (χ1v) is 8.85. The maximum atomic E-state index is 6.78. The van der Waals surface area contributed by atoms with Gasteiger partial charge in [-0.2, -0.15) is 0 Å². The summed E-state index contributed by atoms with van der Waals surface area (Å²) in [5.74, 6) is 0.944. The number of aromatic nitrogens is 1. The number of hydrogen-bond donors (Lipinski definition) is 2. The second-order valence-electron chi connectivity index (χ2n) is 7.20. The third-order valence-corrected chi connectivity index (χ3v) is 6.64. The van der Waals surface area contributed by atoms with E-state index in [1.54, 1.807) is 11.3 Å². The highest BCUT2D eigenvalue weighted by molar-refractivity contribution is 7.09. The van der Waals surface area contributed by atoms with Gasteiger partial charge in [0, 0.05) is 54.1 Å². The van der Waals surface area contributed by atoms with Crippen molar-refractivity contribution < 1.29 is 4.74 Å². The molecule has 21 heavy (non-hydrogen) atoms. The van der Waals surface area contributed by atoms with E-state index >= 15 is 0 Å². The van der Waals surface area contributed by atoms with Crippen LogP contribution < -0.4 is 11.1 Å². The van der Waals surface area contributed by atoms with Gasteiger partial charge in [-0.3, -0.25) is 0 Å². The molecule has 2 fully saturated rings. The molecule has 0 bridgehead atoms. The van der Waals surface area contributed by atoms with Gasteiger partial charge in [0.15, 0.2) is 0 Å². The molecule has 1 saturated heterocycles. The van der Waals surface area contributed by atoms with E-state index in [0.717, 1.165) is 26.1 Å². The fourth-order valence-corrected chi connectivity index (χ4v) is 4.78. The summed E-state index contributed by atoms with van der Waals surface area (Å²) in [6, 6.07) is 0. The second kappa shape index (κ2) is 5.61. The highest BCUT2D eigenvalue weighted by Gasteiger charge is 2.65. The number of fused-ring (bicyclic) bond motifs is 1. The zero-order valence-corrected chi connectivity index (χ0v) is 14.1. The maximum absolute atomic E-state index is 6.78. The van der Waals surface area contributed by atoms with Crippen LogP contribution in [0.1, 0.15) is 44.5 Å². The molecule has 2 aliphatic rings. The van der Waals surface area contributed by atoms with Gasteiger partial charge in [-0.15, -0.1) is 11.3 Å². The molecular weight excluding hydrogens is 282 g/mol. The number of rotatable bonds is 5. The summed E-state index contributed by atoms with van der Waals surface area (Å²) in [5, 5.41) is 6.82. The Morgan fingerprint density at radius 2 is 2.38 bits per heavy atom. The van der Waals surface area contributed by atoms with E-state index in [0.29, 0.717) is 17.9 Å². The Morgan fingerprint density at radius 3 is 3.10 bits per heavy atom. The lowest BCUT2D eigenvalue weighted by Gasteiger charge is -2.66. The fraction of sp³-hybridized carbons (Fsp3) is 0.812. The van der Waals surface area contributed by atoms with Crippen molar-refractivity contribution in [3.05, 3.63) is 16.6 Å². The molecule has 4 unspecified atom stereocenters. The maximum Gasteiger partial charge on any atom is 0.0965 e. The molecule has 0 spiro atoms. The molecule has 1 saturated carbocycles. The molecule has 1 aliphatic heterocycles. The van der Waals surface area contributed by atoms with Crippen LogP contribution in [0.25, 0.3) is 0 Å². The van der Waals surface area contributed by atoms with Crippen molar-refractivity contribution in [2.75, 3.05) is 19.7 Å². The molecule has 118 valence electrons. The van der Waals surface area contributed by atoms with E-state index in [1.807, 2.05) is 11.6 Å². The minimum atomic E-state index is -0.152. The molecule has 1 aliphatic carbocycles. The average Bonchev–Trinajstić information content (AvgIpc) is 3.01. The van der Waals surface area contributed by atoms with Crippen molar-refractivity contribution in [1.29, 1.82) is 0 Å². The van der Waals surface area contributed by atoms with Crippen LogP contribution >= 0.6 is 11.3 Å². The lowest BCUT2D eigenvalue weighted by Crippen LogP contribution is -2.80. The highest BCUT2D eigenvalue weighted by Crippen LogP contribution is 2.56. The normalized spacial score (nSPS) is 35.8. The molecular formula is C16H27N3OS. The molecule has 1 aromatic heterocycles. The lowest BCUT2D eigenvalue weighted by molar-refractivity contribution is -0.225. The predicted octanol–water partition coefficient (Wildman–Crippen LogP) is 2.37. The molecule has 0 aromatic carbocycles. The van der Waals surface area contributed by atoms with E-state index in [-0.39, 0.29) is 11.0 Å². The van der Waals surface area contributed by atoms with Gasteiger partial charge in [0.05, 0.1) is 11.1 Å². The topological polar surface area (TPSA) is 60.2 Å². The molecule has 0 amide bonds. The molecule has 4 atom stereocenters. The first kappa shape index (κ1) is 15.4. The van der Waals surface area contributed by atoms with E-state index in [1.165, 1.54) is 11.4 Å². The van der Waals surface area contributed by atoms with E-state index < -0.39 is 0 Å². The third kappa shape index (κ3) is 2.44. The summed E-state index contributed by atoms with van der Waals surface area (Å²) < 4.78 is 5.96. The fourth-order valence-electron chi connectivity index (χ4n) is 4.09. The van der Waals surface area contributed by atoms with Crippen molar-refractivity contribution in [2.45, 2.75) is 51.2 Å². The average molecular weight is 309 g/mol. The van der Waals surface area contributed by atoms with Crippen LogP contribution in [-0.4, -0.2) is 36.3 Å². The first-order valence-electron chi connectivity index (χ1n) is 7.97. The quantitative estimate of drug-likeness (QED) is 0.876. The van der Waals surface area contributed by atoms with Crippen LogP contribution in [0.3, 0.4) is 0 Å². The number of ether oxygens (including phenoxy) is 1. The Balaban J connectivity index is 1.56. The van der Waals surface area contributed by atoms with Gasteiger partial charge in [-0.05, 0) is 12.8 Å². The number of nitrogens with two attached hydrogens (primary N) is 1. The molecule has 4 nitrogen and oxygen atoms in total. The Hall–Kier alpha value is -0.490. The monoisotopic (exact) mass is 309 g/mol. The van der Waals surface area contributed by atoms with Crippen molar-refractivity contribution in [3.63, 3.8) is 0 Å². The molecule has 3 rings (SSSR count). The van der Waals surface area contributed by atoms with Crippen LogP contribution in [0.2, 0.25) is 0 Å². The minimum Gasteiger partial charge on any atom is -0.377 e. The highest BCUT2D eigenvalue weighted by atomic mass is 32.1. The summed E-state index contributed by atoms with van der Waals surface area (Å²) in [4.78, 5) is 4.39. The standard InChI is InChI=1S/C16H27N3OS/c1-11(14-19-6-8-21-14)9-18-10-16(17)12-5-4-7-20-13(12)15(16,2)3/h6,8,11-13,18H,4-5,7,9-10,17H2,1-3H3. The zero-order valence-electron chi connectivity index (χ0n) is 13.3. The Bertz CT molecular complexity index is 476. The summed E-state index contributed by atoms with van der Waals surface area (Å²) in [7, 11) is 0. The Morgan fingerprint density at radius 1 is 1.57 bits per heavy atom. The molecule has 1 aromatic rings. The SMILES string of the molecule is CC(CNCC1(N)C2CCCOC2C1(C)C)c1nccs1. The Kier molecular flexibility index (Phi) is 4.12. The van der Waals surface area contributed by atoms with Crippen molar-refractivity contribution in [1.82, 2.24) is 10.3 Å². The van der Waals surface area contributed by atoms with Gasteiger partial charge < -0.3 is 15.8 Å². The van der Waals surface area contributed by atoms with Crippen LogP contribution in [0, 0.1) is 11.3 Å². The molecule has 2 heterocycles. The summed E-state index contributed by atoms with van der Waals surface area (Å²) >= 11 is 1.72. The smallest absolute Gasteiger partial charge is 0.0965 e. The van der Waals surface area contributed by atoms with Gasteiger partial charge in [0.2, 0.25) is 0 Å². The number of nitrogens with one attached hydrogen (secondary N) is 1. The third-order valence-electron chi connectivity index (χ3n) is 5.64. The van der Waals surface area contributed by atoms with Crippen LogP contribution in [0.4, 0.5) is 0 Å². The van der Waals surface area contributed by atoms with Crippen molar-refractivity contribution in [3.8, 4) is 0 Å².